The highest BCUT2D eigenvalue weighted by Gasteiger charge is 2.18. The van der Waals surface area contributed by atoms with Crippen LogP contribution in [0.2, 0.25) is 0 Å². The summed E-state index contributed by atoms with van der Waals surface area (Å²) >= 11 is 3.32. The van der Waals surface area contributed by atoms with Crippen LogP contribution in [0, 0.1) is 17.0 Å². The molecule has 1 aromatic carbocycles. The minimum atomic E-state index is -0.383. The van der Waals surface area contributed by atoms with Crippen molar-refractivity contribution >= 4 is 38.2 Å². The van der Waals surface area contributed by atoms with Gasteiger partial charge in [-0.2, -0.15) is 0 Å². The molecule has 0 aliphatic heterocycles. The summed E-state index contributed by atoms with van der Waals surface area (Å²) in [6.07, 6.45) is 1.57. The third-order valence-corrected chi connectivity index (χ3v) is 3.21. The van der Waals surface area contributed by atoms with Crippen LogP contribution in [-0.2, 0) is 0 Å². The zero-order valence-electron chi connectivity index (χ0n) is 9.32. The van der Waals surface area contributed by atoms with Gasteiger partial charge in [-0.05, 0) is 28.4 Å². The van der Waals surface area contributed by atoms with Crippen molar-refractivity contribution in [3.05, 3.63) is 38.5 Å². The van der Waals surface area contributed by atoms with Crippen LogP contribution in [0.3, 0.4) is 0 Å². The lowest BCUT2D eigenvalue weighted by Gasteiger charge is -2.09. The fourth-order valence-corrected chi connectivity index (χ4v) is 2.34. The molecule has 0 aliphatic carbocycles. The lowest BCUT2D eigenvalue weighted by molar-refractivity contribution is -0.383. The molecule has 2 rings (SSSR count). The van der Waals surface area contributed by atoms with E-state index in [-0.39, 0.29) is 10.6 Å². The van der Waals surface area contributed by atoms with Gasteiger partial charge in [0.15, 0.2) is 0 Å². The summed E-state index contributed by atoms with van der Waals surface area (Å²) in [5.74, 6) is 0.643. The average Bonchev–Trinajstić information content (AvgIpc) is 2.30. The van der Waals surface area contributed by atoms with Crippen LogP contribution in [0.5, 0.6) is 0 Å². The van der Waals surface area contributed by atoms with Gasteiger partial charge in [0.05, 0.1) is 14.8 Å². The van der Waals surface area contributed by atoms with Gasteiger partial charge in [-0.3, -0.25) is 10.1 Å². The Morgan fingerprint density at radius 2 is 2.12 bits per heavy atom. The maximum Gasteiger partial charge on any atom is 0.278 e. The summed E-state index contributed by atoms with van der Waals surface area (Å²) < 4.78 is 0.627. The molecule has 0 atom stereocenters. The van der Waals surface area contributed by atoms with Crippen LogP contribution in [-0.4, -0.2) is 17.0 Å². The van der Waals surface area contributed by atoms with Crippen molar-refractivity contribution in [2.24, 2.45) is 0 Å². The highest BCUT2D eigenvalue weighted by atomic mass is 79.9. The second-order valence-corrected chi connectivity index (χ2v) is 4.47. The zero-order valence-corrected chi connectivity index (χ0v) is 10.9. The standard InChI is InChI=1S/C11H10BrN3O2/c1-6-3-4-8(15(16)17)10-7(12)5-14-11(13-2)9(6)10/h3-5H,1-2H3,(H,13,14). The number of pyridine rings is 1. The number of nitro benzene ring substituents is 1. The van der Waals surface area contributed by atoms with Gasteiger partial charge in [0.2, 0.25) is 0 Å². The van der Waals surface area contributed by atoms with E-state index in [2.05, 4.69) is 26.2 Å². The van der Waals surface area contributed by atoms with Gasteiger partial charge < -0.3 is 5.32 Å². The summed E-state index contributed by atoms with van der Waals surface area (Å²) in [4.78, 5) is 14.8. The van der Waals surface area contributed by atoms with Gasteiger partial charge in [0.25, 0.3) is 5.69 Å². The number of aryl methyl sites for hydroxylation is 1. The van der Waals surface area contributed by atoms with E-state index in [1.807, 2.05) is 6.92 Å². The van der Waals surface area contributed by atoms with Crippen molar-refractivity contribution in [2.45, 2.75) is 6.92 Å². The van der Waals surface area contributed by atoms with Crippen molar-refractivity contribution in [1.82, 2.24) is 4.98 Å². The minimum Gasteiger partial charge on any atom is -0.373 e. The van der Waals surface area contributed by atoms with Crippen LogP contribution < -0.4 is 5.32 Å². The number of halogens is 1. The largest absolute Gasteiger partial charge is 0.373 e. The molecule has 0 fully saturated rings. The lowest BCUT2D eigenvalue weighted by atomic mass is 10.1. The van der Waals surface area contributed by atoms with Crippen LogP contribution in [0.15, 0.2) is 22.8 Å². The molecule has 0 saturated carbocycles. The molecule has 0 amide bonds. The Labute approximate surface area is 106 Å². The number of nitrogens with one attached hydrogen (secondary N) is 1. The molecular weight excluding hydrogens is 286 g/mol. The van der Waals surface area contributed by atoms with E-state index in [1.165, 1.54) is 6.07 Å². The van der Waals surface area contributed by atoms with Gasteiger partial charge >= 0.3 is 0 Å². The normalized spacial score (nSPS) is 10.5. The average molecular weight is 296 g/mol. The van der Waals surface area contributed by atoms with Crippen molar-refractivity contribution in [2.75, 3.05) is 12.4 Å². The second-order valence-electron chi connectivity index (χ2n) is 3.61. The van der Waals surface area contributed by atoms with Gasteiger partial charge in [0, 0.05) is 24.7 Å². The van der Waals surface area contributed by atoms with Crippen LogP contribution >= 0.6 is 15.9 Å². The lowest BCUT2D eigenvalue weighted by Crippen LogP contribution is -1.98. The number of anilines is 1. The van der Waals surface area contributed by atoms with E-state index >= 15 is 0 Å². The summed E-state index contributed by atoms with van der Waals surface area (Å²) in [6.45, 7) is 1.90. The Balaban J connectivity index is 2.99. The third-order valence-electron chi connectivity index (χ3n) is 2.61. The van der Waals surface area contributed by atoms with Crippen molar-refractivity contribution in [3.8, 4) is 0 Å². The van der Waals surface area contributed by atoms with Crippen LogP contribution in [0.25, 0.3) is 10.8 Å². The fraction of sp³-hybridized carbons (Fsp3) is 0.182. The number of fused-ring (bicyclic) bond motifs is 1. The van der Waals surface area contributed by atoms with Gasteiger partial charge in [-0.25, -0.2) is 4.98 Å². The number of non-ortho nitro benzene ring substituents is 1. The minimum absolute atomic E-state index is 0.0800. The quantitative estimate of drug-likeness (QED) is 0.682. The number of aromatic nitrogens is 1. The topological polar surface area (TPSA) is 68.1 Å². The number of nitro groups is 1. The first-order valence-electron chi connectivity index (χ1n) is 4.96. The van der Waals surface area contributed by atoms with Gasteiger partial charge in [0.1, 0.15) is 5.82 Å². The van der Waals surface area contributed by atoms with Gasteiger partial charge in [-0.1, -0.05) is 6.07 Å². The van der Waals surface area contributed by atoms with Crippen LogP contribution in [0.4, 0.5) is 11.5 Å². The maximum absolute atomic E-state index is 11.0. The molecule has 5 nitrogen and oxygen atoms in total. The Morgan fingerprint density at radius 3 is 2.71 bits per heavy atom. The smallest absolute Gasteiger partial charge is 0.278 e. The first-order chi connectivity index (χ1) is 8.06. The molecule has 2 aromatic rings. The summed E-state index contributed by atoms with van der Waals surface area (Å²) in [6, 6.07) is 3.25. The third kappa shape index (κ3) is 1.84. The molecule has 88 valence electrons. The van der Waals surface area contributed by atoms with Gasteiger partial charge in [-0.15, -0.1) is 0 Å². The molecule has 0 unspecified atom stereocenters. The summed E-state index contributed by atoms with van der Waals surface area (Å²) in [5, 5.41) is 15.3. The molecule has 0 spiro atoms. The van der Waals surface area contributed by atoms with E-state index in [0.717, 1.165) is 10.9 Å². The molecule has 6 heteroatoms. The summed E-state index contributed by atoms with van der Waals surface area (Å²) in [5.41, 5.74) is 1.03. The predicted molar refractivity (Wildman–Crippen MR) is 70.4 cm³/mol. The van der Waals surface area contributed by atoms with Crippen LogP contribution in [0.1, 0.15) is 5.56 Å². The van der Waals surface area contributed by atoms with E-state index in [9.17, 15) is 10.1 Å². The van der Waals surface area contributed by atoms with E-state index in [1.54, 1.807) is 19.3 Å². The first-order valence-corrected chi connectivity index (χ1v) is 5.75. The molecule has 0 bridgehead atoms. The maximum atomic E-state index is 11.0. The Kier molecular flexibility index (Phi) is 2.97. The first kappa shape index (κ1) is 11.8. The van der Waals surface area contributed by atoms with E-state index in [0.29, 0.717) is 15.7 Å². The van der Waals surface area contributed by atoms with Crippen molar-refractivity contribution in [3.63, 3.8) is 0 Å². The SMILES string of the molecule is CNc1ncc(Br)c2c([N+](=O)[O-])ccc(C)c12. The highest BCUT2D eigenvalue weighted by molar-refractivity contribution is 9.10. The monoisotopic (exact) mass is 295 g/mol. The van der Waals surface area contributed by atoms with Crippen molar-refractivity contribution in [1.29, 1.82) is 0 Å². The number of nitrogens with zero attached hydrogens (tertiary/aromatic N) is 2. The highest BCUT2D eigenvalue weighted by Crippen LogP contribution is 2.36. The molecule has 0 saturated heterocycles. The molecule has 0 radical (unpaired) electrons. The number of rotatable bonds is 2. The van der Waals surface area contributed by atoms with Crippen molar-refractivity contribution < 1.29 is 4.92 Å². The molecular formula is C11H10BrN3O2. The number of hydrogen-bond donors (Lipinski definition) is 1. The number of benzene rings is 1. The zero-order chi connectivity index (χ0) is 12.6. The second kappa shape index (κ2) is 4.29. The number of hydrogen-bond acceptors (Lipinski definition) is 4. The molecule has 17 heavy (non-hydrogen) atoms. The Hall–Kier alpha value is -1.69. The molecule has 1 N–H and O–H groups in total. The van der Waals surface area contributed by atoms with E-state index in [4.69, 9.17) is 0 Å². The molecule has 1 heterocycles. The Morgan fingerprint density at radius 1 is 1.41 bits per heavy atom. The summed E-state index contributed by atoms with van der Waals surface area (Å²) in [7, 11) is 1.74. The fourth-order valence-electron chi connectivity index (χ4n) is 1.83. The molecule has 1 aromatic heterocycles. The Bertz CT molecular complexity index is 613. The molecule has 0 aliphatic rings. The van der Waals surface area contributed by atoms with E-state index < -0.39 is 0 Å². The predicted octanol–water partition coefficient (Wildman–Crippen LogP) is 3.26.